The van der Waals surface area contributed by atoms with Gasteiger partial charge in [0.2, 0.25) is 0 Å². The molecule has 35 heavy (non-hydrogen) atoms. The van der Waals surface area contributed by atoms with Gasteiger partial charge in [0.1, 0.15) is 17.4 Å². The Balaban J connectivity index is 1.56. The lowest BCUT2D eigenvalue weighted by atomic mass is 9.94. The molecule has 11 heteroatoms. The Bertz CT molecular complexity index is 1170. The molecule has 0 saturated carbocycles. The number of hydrogen-bond acceptors (Lipinski definition) is 4. The first-order valence-electron chi connectivity index (χ1n) is 11.8. The summed E-state index contributed by atoms with van der Waals surface area (Å²) in [6.07, 6.45) is 0.326. The minimum absolute atomic E-state index is 0.0695. The number of allylic oxidation sites excluding steroid dienone is 1. The third-order valence-electron chi connectivity index (χ3n) is 7.12. The summed E-state index contributed by atoms with van der Waals surface area (Å²) in [5.74, 6) is -0.389. The summed E-state index contributed by atoms with van der Waals surface area (Å²) in [7, 11) is 0. The monoisotopic (exact) mass is 527 g/mol. The first-order chi connectivity index (χ1) is 16.6. The standard InChI is InChI=1S/C24H26Cl2F3N5O/c1-14-20(23(35)33-10-4-5-16(33)13-32-8-2-3-9-32)21(15-6-7-18(25)19(26)11-15)34-22(31-14)17(12-30-34)24(27,28)29/h6-7,11-12,16,21,31H,2-5,8-10,13H2,1H3/t16-,21?/m0/s1. The van der Waals surface area contributed by atoms with E-state index in [0.717, 1.165) is 51.5 Å². The van der Waals surface area contributed by atoms with Crippen molar-refractivity contribution < 1.29 is 18.0 Å². The molecule has 2 aromatic rings. The van der Waals surface area contributed by atoms with Gasteiger partial charge in [-0.15, -0.1) is 0 Å². The van der Waals surface area contributed by atoms with Gasteiger partial charge in [-0.1, -0.05) is 29.3 Å². The highest BCUT2D eigenvalue weighted by atomic mass is 35.5. The lowest BCUT2D eigenvalue weighted by Crippen LogP contribution is -2.45. The molecule has 4 heterocycles. The average Bonchev–Trinajstić information content (AvgIpc) is 3.55. The molecule has 0 spiro atoms. The van der Waals surface area contributed by atoms with E-state index in [1.807, 2.05) is 4.90 Å². The van der Waals surface area contributed by atoms with Crippen molar-refractivity contribution in [3.8, 4) is 0 Å². The number of halogens is 5. The highest BCUT2D eigenvalue weighted by Gasteiger charge is 2.43. The van der Waals surface area contributed by atoms with E-state index in [0.29, 0.717) is 28.4 Å². The van der Waals surface area contributed by atoms with Crippen LogP contribution in [0.5, 0.6) is 0 Å². The van der Waals surface area contributed by atoms with E-state index in [1.54, 1.807) is 25.1 Å². The van der Waals surface area contributed by atoms with Gasteiger partial charge >= 0.3 is 6.18 Å². The molecular formula is C24H26Cl2F3N5O. The van der Waals surface area contributed by atoms with Gasteiger partial charge in [-0.3, -0.25) is 4.79 Å². The van der Waals surface area contributed by atoms with Gasteiger partial charge in [0, 0.05) is 24.8 Å². The fourth-order valence-corrected chi connectivity index (χ4v) is 5.75. The predicted molar refractivity (Wildman–Crippen MR) is 129 cm³/mol. The topological polar surface area (TPSA) is 53.4 Å². The van der Waals surface area contributed by atoms with Crippen molar-refractivity contribution in [3.63, 3.8) is 0 Å². The van der Waals surface area contributed by atoms with E-state index in [2.05, 4.69) is 15.3 Å². The maximum atomic E-state index is 14.0. The summed E-state index contributed by atoms with van der Waals surface area (Å²) >= 11 is 12.4. The number of aromatic nitrogens is 2. The zero-order valence-electron chi connectivity index (χ0n) is 19.2. The first-order valence-corrected chi connectivity index (χ1v) is 12.5. The van der Waals surface area contributed by atoms with Crippen LogP contribution in [0.4, 0.5) is 19.0 Å². The summed E-state index contributed by atoms with van der Waals surface area (Å²) in [4.78, 5) is 18.3. The van der Waals surface area contributed by atoms with Crippen LogP contribution in [0.2, 0.25) is 10.0 Å². The fourth-order valence-electron chi connectivity index (χ4n) is 5.44. The van der Waals surface area contributed by atoms with E-state index >= 15 is 0 Å². The van der Waals surface area contributed by atoms with Crippen LogP contribution in [0.15, 0.2) is 35.7 Å². The summed E-state index contributed by atoms with van der Waals surface area (Å²) in [5, 5.41) is 7.47. The third-order valence-corrected chi connectivity index (χ3v) is 7.86. The number of likely N-dealkylation sites (tertiary alicyclic amines) is 2. The quantitative estimate of drug-likeness (QED) is 0.563. The number of amides is 1. The fraction of sp³-hybridized carbons (Fsp3) is 0.500. The Kier molecular flexibility index (Phi) is 6.52. The Labute approximate surface area is 211 Å². The predicted octanol–water partition coefficient (Wildman–Crippen LogP) is 5.58. The van der Waals surface area contributed by atoms with Crippen LogP contribution in [-0.2, 0) is 11.0 Å². The van der Waals surface area contributed by atoms with Gasteiger partial charge < -0.3 is 15.1 Å². The van der Waals surface area contributed by atoms with Crippen LogP contribution in [0.25, 0.3) is 0 Å². The summed E-state index contributed by atoms with van der Waals surface area (Å²) < 4.78 is 42.3. The Morgan fingerprint density at radius 1 is 1.14 bits per heavy atom. The van der Waals surface area contributed by atoms with Gasteiger partial charge in [0.05, 0.1) is 21.8 Å². The van der Waals surface area contributed by atoms with Crippen LogP contribution in [0, 0.1) is 0 Å². The van der Waals surface area contributed by atoms with Crippen molar-refractivity contribution in [3.05, 3.63) is 56.8 Å². The molecule has 1 aromatic carbocycles. The molecule has 2 saturated heterocycles. The lowest BCUT2D eigenvalue weighted by Gasteiger charge is -2.35. The molecule has 0 bridgehead atoms. The maximum Gasteiger partial charge on any atom is 0.421 e. The van der Waals surface area contributed by atoms with Crippen molar-refractivity contribution in [2.45, 2.75) is 50.9 Å². The lowest BCUT2D eigenvalue weighted by molar-refractivity contribution is -0.137. The van der Waals surface area contributed by atoms with Crippen LogP contribution in [-0.4, -0.2) is 57.7 Å². The molecule has 2 atom stereocenters. The van der Waals surface area contributed by atoms with Crippen molar-refractivity contribution in [1.29, 1.82) is 0 Å². The number of alkyl halides is 3. The molecule has 0 radical (unpaired) electrons. The average molecular weight is 528 g/mol. The number of rotatable bonds is 4. The largest absolute Gasteiger partial charge is 0.421 e. The van der Waals surface area contributed by atoms with Crippen LogP contribution in [0.3, 0.4) is 0 Å². The van der Waals surface area contributed by atoms with Gasteiger partial charge in [-0.05, 0) is 63.4 Å². The van der Waals surface area contributed by atoms with Crippen molar-refractivity contribution >= 4 is 34.9 Å². The van der Waals surface area contributed by atoms with Crippen molar-refractivity contribution in [1.82, 2.24) is 19.6 Å². The summed E-state index contributed by atoms with van der Waals surface area (Å²) in [5.41, 5.74) is 0.385. The highest BCUT2D eigenvalue weighted by molar-refractivity contribution is 6.42. The Morgan fingerprint density at radius 2 is 1.89 bits per heavy atom. The van der Waals surface area contributed by atoms with Crippen LogP contribution < -0.4 is 5.32 Å². The molecule has 1 amide bonds. The number of nitrogens with zero attached hydrogens (tertiary/aromatic N) is 4. The first kappa shape index (κ1) is 24.5. The minimum Gasteiger partial charge on any atom is -0.343 e. The molecule has 2 fully saturated rings. The van der Waals surface area contributed by atoms with E-state index in [4.69, 9.17) is 23.2 Å². The molecule has 188 valence electrons. The molecule has 0 aliphatic carbocycles. The van der Waals surface area contributed by atoms with E-state index in [9.17, 15) is 18.0 Å². The number of nitrogens with one attached hydrogen (secondary N) is 1. The zero-order valence-corrected chi connectivity index (χ0v) is 20.7. The molecule has 1 aromatic heterocycles. The highest BCUT2D eigenvalue weighted by Crippen LogP contribution is 2.44. The van der Waals surface area contributed by atoms with Crippen molar-refractivity contribution in [2.24, 2.45) is 0 Å². The Hall–Kier alpha value is -2.23. The third kappa shape index (κ3) is 4.54. The second-order valence-corrected chi connectivity index (χ2v) is 10.2. The summed E-state index contributed by atoms with van der Waals surface area (Å²) in [6.45, 7) is 5.13. The number of carbonyl (C=O) groups excluding carboxylic acids is 1. The molecule has 1 unspecified atom stereocenters. The number of anilines is 1. The molecule has 6 nitrogen and oxygen atoms in total. The van der Waals surface area contributed by atoms with Gasteiger partial charge in [0.15, 0.2) is 0 Å². The second kappa shape index (κ2) is 9.33. The van der Waals surface area contributed by atoms with Gasteiger partial charge in [-0.2, -0.15) is 18.3 Å². The van der Waals surface area contributed by atoms with Gasteiger partial charge in [0.25, 0.3) is 5.91 Å². The van der Waals surface area contributed by atoms with Crippen molar-refractivity contribution in [2.75, 3.05) is 31.5 Å². The Morgan fingerprint density at radius 3 is 2.57 bits per heavy atom. The SMILES string of the molecule is CC1=C(C(=O)N2CCC[C@H]2CN2CCCC2)C(c2ccc(Cl)c(Cl)c2)n2ncc(C(F)(F)F)c2N1. The van der Waals surface area contributed by atoms with Crippen LogP contribution in [0.1, 0.15) is 49.8 Å². The smallest absolute Gasteiger partial charge is 0.343 e. The maximum absolute atomic E-state index is 14.0. The molecule has 3 aliphatic rings. The van der Waals surface area contributed by atoms with Gasteiger partial charge in [-0.25, -0.2) is 4.68 Å². The molecule has 1 N–H and O–H groups in total. The summed E-state index contributed by atoms with van der Waals surface area (Å²) in [6, 6.07) is 4.04. The number of hydrogen-bond donors (Lipinski definition) is 1. The molecule has 3 aliphatic heterocycles. The molecule has 5 rings (SSSR count). The molecular weight excluding hydrogens is 502 g/mol. The van der Waals surface area contributed by atoms with E-state index in [-0.39, 0.29) is 22.8 Å². The number of benzene rings is 1. The van der Waals surface area contributed by atoms with E-state index < -0.39 is 17.8 Å². The minimum atomic E-state index is -4.60. The van der Waals surface area contributed by atoms with Crippen LogP contribution >= 0.6 is 23.2 Å². The normalized spacial score (nSPS) is 23.1. The number of fused-ring (bicyclic) bond motifs is 1. The second-order valence-electron chi connectivity index (χ2n) is 9.39. The zero-order chi connectivity index (χ0) is 24.9. The van der Waals surface area contributed by atoms with E-state index in [1.165, 1.54) is 4.68 Å². The number of carbonyl (C=O) groups is 1.